The summed E-state index contributed by atoms with van der Waals surface area (Å²) < 4.78 is 32.1. The molecule has 9 nitrogen and oxygen atoms in total. The second kappa shape index (κ2) is 9.46. The van der Waals surface area contributed by atoms with E-state index >= 15 is 0 Å². The third-order valence-electron chi connectivity index (χ3n) is 8.16. The van der Waals surface area contributed by atoms with E-state index in [4.69, 9.17) is 21.5 Å². The van der Waals surface area contributed by atoms with E-state index in [1.807, 2.05) is 6.92 Å². The first-order valence-electron chi connectivity index (χ1n) is 13.0. The highest BCUT2D eigenvalue weighted by Crippen LogP contribution is 2.43. The Kier molecular flexibility index (Phi) is 6.32. The second-order valence-corrected chi connectivity index (χ2v) is 12.8. The number of anilines is 1. The fraction of sp³-hybridized carbons (Fsp3) is 0.393. The van der Waals surface area contributed by atoms with Gasteiger partial charge in [0.15, 0.2) is 0 Å². The van der Waals surface area contributed by atoms with Crippen molar-refractivity contribution < 1.29 is 17.4 Å². The Morgan fingerprint density at radius 2 is 1.82 bits per heavy atom. The van der Waals surface area contributed by atoms with Crippen LogP contribution in [0, 0.1) is 24.7 Å². The number of hydrogen-bond acceptors (Lipinski definition) is 8. The Balaban J connectivity index is 1.38. The molecule has 2 aromatic heterocycles. The first kappa shape index (κ1) is 26.0. The molecule has 3 aromatic rings. The molecule has 204 valence electrons. The first-order chi connectivity index (χ1) is 18.5. The van der Waals surface area contributed by atoms with Crippen LogP contribution in [0.25, 0.3) is 10.9 Å². The van der Waals surface area contributed by atoms with Crippen LogP contribution in [0.15, 0.2) is 58.5 Å². The van der Waals surface area contributed by atoms with Gasteiger partial charge in [0, 0.05) is 43.5 Å². The van der Waals surface area contributed by atoms with Crippen LogP contribution >= 0.6 is 11.6 Å². The maximum absolute atomic E-state index is 13.5. The number of fused-ring (bicyclic) bond motifs is 2. The minimum absolute atomic E-state index is 0.0277. The molecule has 2 N–H and O–H groups in total. The van der Waals surface area contributed by atoms with E-state index in [1.54, 1.807) is 16.7 Å². The summed E-state index contributed by atoms with van der Waals surface area (Å²) in [5.41, 5.74) is 6.65. The maximum atomic E-state index is 13.5. The van der Waals surface area contributed by atoms with Crippen molar-refractivity contribution in [2.75, 3.05) is 18.0 Å². The molecule has 1 saturated heterocycles. The molecule has 0 radical (unpaired) electrons. The zero-order valence-electron chi connectivity index (χ0n) is 21.6. The third kappa shape index (κ3) is 4.54. The van der Waals surface area contributed by atoms with Gasteiger partial charge in [0.25, 0.3) is 0 Å². The molecular weight excluding hydrogens is 540 g/mol. The fourth-order valence-electron chi connectivity index (χ4n) is 5.78. The Bertz CT molecular complexity index is 1660. The predicted octanol–water partition coefficient (Wildman–Crippen LogP) is 3.82. The lowest BCUT2D eigenvalue weighted by atomic mass is 9.77. The highest BCUT2D eigenvalue weighted by atomic mass is 35.5. The summed E-state index contributed by atoms with van der Waals surface area (Å²) in [6.07, 6.45) is 8.70. The van der Waals surface area contributed by atoms with Crippen molar-refractivity contribution in [2.45, 2.75) is 43.7 Å². The standard InChI is InChI=1S/C28H29ClN4O5S/c1-15-3-8-18(9-4-15)39(36,37)38-28(35)22-14-33(17-6-7-17)25-19(26(22)34)11-31-27(24(25)29)32-12-20-16(2)5-10-23(30)21(20)13-32/h3-5,8-11,14,16-17,20-21,23H,6-7,12-13,30H2,1-2H3. The van der Waals surface area contributed by atoms with Gasteiger partial charge in [0.1, 0.15) is 21.3 Å². The van der Waals surface area contributed by atoms with Crippen LogP contribution in [-0.2, 0) is 14.3 Å². The Morgan fingerprint density at radius 1 is 1.13 bits per heavy atom. The number of benzene rings is 1. The van der Waals surface area contributed by atoms with Crippen LogP contribution in [0.3, 0.4) is 0 Å². The molecule has 6 rings (SSSR count). The highest BCUT2D eigenvalue weighted by Gasteiger charge is 2.41. The lowest BCUT2D eigenvalue weighted by Gasteiger charge is -2.30. The van der Waals surface area contributed by atoms with Crippen LogP contribution in [-0.4, -0.2) is 43.1 Å². The topological polar surface area (TPSA) is 125 Å². The van der Waals surface area contributed by atoms with Gasteiger partial charge in [-0.05, 0) is 43.7 Å². The smallest absolute Gasteiger partial charge is 0.355 e. The van der Waals surface area contributed by atoms with Gasteiger partial charge in [-0.3, -0.25) is 4.79 Å². The summed E-state index contributed by atoms with van der Waals surface area (Å²) >= 11 is 6.95. The molecule has 11 heteroatoms. The lowest BCUT2D eigenvalue weighted by Crippen LogP contribution is -2.38. The quantitative estimate of drug-likeness (QED) is 0.364. The first-order valence-corrected chi connectivity index (χ1v) is 14.8. The molecule has 2 aliphatic carbocycles. The molecule has 1 aromatic carbocycles. The molecule has 0 spiro atoms. The molecule has 1 saturated carbocycles. The van der Waals surface area contributed by atoms with Crippen molar-refractivity contribution in [1.29, 1.82) is 0 Å². The summed E-state index contributed by atoms with van der Waals surface area (Å²) in [6.45, 7) is 5.44. The average Bonchev–Trinajstić information content (AvgIpc) is 3.64. The summed E-state index contributed by atoms with van der Waals surface area (Å²) in [4.78, 5) is 33.0. The van der Waals surface area contributed by atoms with Crippen molar-refractivity contribution in [3.05, 3.63) is 75.2 Å². The van der Waals surface area contributed by atoms with Gasteiger partial charge in [0.2, 0.25) is 5.43 Å². The maximum Gasteiger partial charge on any atom is 0.359 e. The number of aromatic nitrogens is 2. The van der Waals surface area contributed by atoms with Gasteiger partial charge >= 0.3 is 16.1 Å². The zero-order chi connectivity index (χ0) is 27.6. The van der Waals surface area contributed by atoms with Crippen molar-refractivity contribution in [3.8, 4) is 0 Å². The number of hydrogen-bond donors (Lipinski definition) is 1. The molecule has 2 fully saturated rings. The summed E-state index contributed by atoms with van der Waals surface area (Å²) in [6, 6.07) is 5.89. The third-order valence-corrected chi connectivity index (χ3v) is 9.73. The fourth-order valence-corrected chi connectivity index (χ4v) is 7.00. The van der Waals surface area contributed by atoms with Gasteiger partial charge in [-0.2, -0.15) is 8.42 Å². The van der Waals surface area contributed by atoms with E-state index in [1.165, 1.54) is 24.5 Å². The van der Waals surface area contributed by atoms with Crippen molar-refractivity contribution in [2.24, 2.45) is 23.5 Å². The molecule has 0 amide bonds. The summed E-state index contributed by atoms with van der Waals surface area (Å²) in [5.74, 6) is 0.363. The molecular formula is C28H29ClN4O5S. The molecule has 0 bridgehead atoms. The molecule has 4 atom stereocenters. The van der Waals surface area contributed by atoms with E-state index in [9.17, 15) is 18.0 Å². The van der Waals surface area contributed by atoms with Gasteiger partial charge in [-0.15, -0.1) is 0 Å². The Hall–Kier alpha value is -3.21. The van der Waals surface area contributed by atoms with Crippen LogP contribution in [0.5, 0.6) is 0 Å². The number of carbonyl (C=O) groups is 1. The number of halogens is 1. The van der Waals surface area contributed by atoms with E-state index in [-0.39, 0.29) is 33.8 Å². The SMILES string of the molecule is Cc1ccc(S(=O)(=O)OC(=O)c2cn(C3CC3)c3c(Cl)c(N4CC5C(C)C=CC(N)C5C4)ncc3c2=O)cc1. The molecule has 3 aliphatic rings. The molecule has 1 aliphatic heterocycles. The van der Waals surface area contributed by atoms with Crippen molar-refractivity contribution in [1.82, 2.24) is 9.55 Å². The van der Waals surface area contributed by atoms with E-state index < -0.39 is 21.5 Å². The van der Waals surface area contributed by atoms with Gasteiger partial charge < -0.3 is 19.4 Å². The second-order valence-electron chi connectivity index (χ2n) is 10.9. The van der Waals surface area contributed by atoms with Crippen molar-refractivity contribution in [3.63, 3.8) is 0 Å². The van der Waals surface area contributed by atoms with Gasteiger partial charge in [-0.25, -0.2) is 9.78 Å². The summed E-state index contributed by atoms with van der Waals surface area (Å²) in [5, 5.41) is 0.470. The molecule has 4 unspecified atom stereocenters. The van der Waals surface area contributed by atoms with Gasteiger partial charge in [0.05, 0.1) is 10.9 Å². The van der Waals surface area contributed by atoms with Crippen LogP contribution in [0.2, 0.25) is 5.02 Å². The van der Waals surface area contributed by atoms with E-state index in [0.717, 1.165) is 24.9 Å². The van der Waals surface area contributed by atoms with E-state index in [2.05, 4.69) is 29.0 Å². The number of allylic oxidation sites excluding steroid dienone is 1. The van der Waals surface area contributed by atoms with Gasteiger partial charge in [-0.1, -0.05) is 48.4 Å². The molecule has 39 heavy (non-hydrogen) atoms. The molecule has 3 heterocycles. The summed E-state index contributed by atoms with van der Waals surface area (Å²) in [7, 11) is -4.42. The highest BCUT2D eigenvalue weighted by molar-refractivity contribution is 7.87. The van der Waals surface area contributed by atoms with Crippen LogP contribution in [0.4, 0.5) is 5.82 Å². The lowest BCUT2D eigenvalue weighted by molar-refractivity contribution is 0.0744. The van der Waals surface area contributed by atoms with Crippen LogP contribution in [0.1, 0.15) is 41.7 Å². The Labute approximate surface area is 231 Å². The minimum atomic E-state index is -4.42. The van der Waals surface area contributed by atoms with E-state index in [0.29, 0.717) is 34.7 Å². The van der Waals surface area contributed by atoms with Crippen LogP contribution < -0.4 is 16.1 Å². The number of carbonyl (C=O) groups excluding carboxylic acids is 1. The number of pyridine rings is 2. The number of nitrogens with two attached hydrogens (primary N) is 1. The largest absolute Gasteiger partial charge is 0.359 e. The Morgan fingerprint density at radius 3 is 2.49 bits per heavy atom. The van der Waals surface area contributed by atoms with Crippen molar-refractivity contribution >= 4 is 44.4 Å². The number of aryl methyl sites for hydroxylation is 1. The monoisotopic (exact) mass is 568 g/mol. The number of rotatable bonds is 5. The zero-order valence-corrected chi connectivity index (χ0v) is 23.2. The number of nitrogens with zero attached hydrogens (tertiary/aromatic N) is 3. The normalized spacial score (nSPS) is 24.7. The minimum Gasteiger partial charge on any atom is -0.355 e. The average molecular weight is 569 g/mol. The predicted molar refractivity (Wildman–Crippen MR) is 149 cm³/mol.